The predicted octanol–water partition coefficient (Wildman–Crippen LogP) is 3.17. The maximum atomic E-state index is 12.3. The second-order valence-electron chi connectivity index (χ2n) is 6.76. The first-order valence-corrected chi connectivity index (χ1v) is 9.04. The van der Waals surface area contributed by atoms with Gasteiger partial charge in [0.15, 0.2) is 0 Å². The van der Waals surface area contributed by atoms with Crippen LogP contribution >= 0.6 is 11.6 Å². The first-order valence-electron chi connectivity index (χ1n) is 8.67. The highest BCUT2D eigenvalue weighted by Crippen LogP contribution is 2.25. The van der Waals surface area contributed by atoms with Crippen molar-refractivity contribution in [3.63, 3.8) is 0 Å². The largest absolute Gasteiger partial charge is 0.355 e. The van der Waals surface area contributed by atoms with Crippen molar-refractivity contribution in [1.29, 1.82) is 0 Å². The molecule has 126 valence electrons. The minimum Gasteiger partial charge on any atom is -0.355 e. The minimum atomic E-state index is 0.133. The Balaban J connectivity index is 1.40. The Morgan fingerprint density at radius 3 is 2.67 bits per heavy atom. The van der Waals surface area contributed by atoms with E-state index >= 15 is 0 Å². The first-order chi connectivity index (χ1) is 11.7. The van der Waals surface area contributed by atoms with Gasteiger partial charge < -0.3 is 10.2 Å². The van der Waals surface area contributed by atoms with Crippen LogP contribution < -0.4 is 10.2 Å². The molecule has 4 rings (SSSR count). The van der Waals surface area contributed by atoms with Crippen molar-refractivity contribution in [2.24, 2.45) is 5.92 Å². The minimum absolute atomic E-state index is 0.133. The van der Waals surface area contributed by atoms with Gasteiger partial charge in [0.1, 0.15) is 5.82 Å². The van der Waals surface area contributed by atoms with Crippen LogP contribution in [0.15, 0.2) is 24.4 Å². The zero-order valence-electron chi connectivity index (χ0n) is 13.5. The maximum Gasteiger partial charge on any atom is 0.223 e. The summed E-state index contributed by atoms with van der Waals surface area (Å²) in [6.45, 7) is 1.69. The molecule has 0 bridgehead atoms. The van der Waals surface area contributed by atoms with Crippen molar-refractivity contribution in [2.75, 3.05) is 18.0 Å². The van der Waals surface area contributed by atoms with Crippen LogP contribution in [0.1, 0.15) is 32.1 Å². The number of aromatic nitrogens is 2. The molecule has 1 aliphatic heterocycles. The van der Waals surface area contributed by atoms with Gasteiger partial charge in [-0.1, -0.05) is 11.6 Å². The van der Waals surface area contributed by atoms with Gasteiger partial charge in [0.05, 0.1) is 17.2 Å². The summed E-state index contributed by atoms with van der Waals surface area (Å²) >= 11 is 5.99. The van der Waals surface area contributed by atoms with E-state index in [1.165, 1.54) is 6.42 Å². The van der Waals surface area contributed by atoms with Gasteiger partial charge in [0.2, 0.25) is 5.91 Å². The fraction of sp³-hybridized carbons (Fsp3) is 0.500. The molecule has 2 aromatic rings. The zero-order chi connectivity index (χ0) is 16.5. The average Bonchev–Trinajstić information content (AvgIpc) is 2.57. The summed E-state index contributed by atoms with van der Waals surface area (Å²) < 4.78 is 0. The molecule has 1 aromatic heterocycles. The van der Waals surface area contributed by atoms with Crippen LogP contribution in [0.2, 0.25) is 5.02 Å². The molecule has 2 heterocycles. The number of carbonyl (C=O) groups excluding carboxylic acids is 1. The van der Waals surface area contributed by atoms with Crippen molar-refractivity contribution in [1.82, 2.24) is 15.3 Å². The maximum absolute atomic E-state index is 12.3. The summed E-state index contributed by atoms with van der Waals surface area (Å²) in [7, 11) is 0. The number of fused-ring (bicyclic) bond motifs is 1. The van der Waals surface area contributed by atoms with E-state index in [9.17, 15) is 4.79 Å². The lowest BCUT2D eigenvalue weighted by molar-refractivity contribution is -0.126. The lowest BCUT2D eigenvalue weighted by atomic mass is 9.90. The van der Waals surface area contributed by atoms with E-state index in [0.717, 1.165) is 55.6 Å². The second-order valence-corrected chi connectivity index (χ2v) is 7.20. The molecule has 1 amide bonds. The van der Waals surface area contributed by atoms with Crippen molar-refractivity contribution in [2.45, 2.75) is 38.1 Å². The van der Waals surface area contributed by atoms with Gasteiger partial charge in [-0.05, 0) is 50.3 Å². The topological polar surface area (TPSA) is 58.1 Å². The van der Waals surface area contributed by atoms with E-state index in [1.54, 1.807) is 6.20 Å². The molecule has 1 N–H and O–H groups in total. The summed E-state index contributed by atoms with van der Waals surface area (Å²) in [4.78, 5) is 23.6. The SMILES string of the molecule is O=C(NC1CCC1)C1CCN(c2cnc3cc(Cl)ccc3n2)CC1. The van der Waals surface area contributed by atoms with Crippen LogP contribution in [0.3, 0.4) is 0 Å². The molecule has 1 aromatic carbocycles. The van der Waals surface area contributed by atoms with Crippen LogP contribution in [0.25, 0.3) is 11.0 Å². The van der Waals surface area contributed by atoms with Crippen molar-refractivity contribution < 1.29 is 4.79 Å². The molecule has 24 heavy (non-hydrogen) atoms. The van der Waals surface area contributed by atoms with E-state index in [0.29, 0.717) is 11.1 Å². The van der Waals surface area contributed by atoms with Crippen molar-refractivity contribution in [3.8, 4) is 0 Å². The van der Waals surface area contributed by atoms with Crippen molar-refractivity contribution in [3.05, 3.63) is 29.4 Å². The number of nitrogens with zero attached hydrogens (tertiary/aromatic N) is 3. The third-order valence-corrected chi connectivity index (χ3v) is 5.37. The van der Waals surface area contributed by atoms with Crippen LogP contribution in [0.5, 0.6) is 0 Å². The molecule has 1 saturated carbocycles. The van der Waals surface area contributed by atoms with E-state index in [2.05, 4.69) is 20.2 Å². The van der Waals surface area contributed by atoms with E-state index < -0.39 is 0 Å². The third-order valence-electron chi connectivity index (χ3n) is 5.13. The van der Waals surface area contributed by atoms with Crippen LogP contribution in [-0.4, -0.2) is 35.0 Å². The summed E-state index contributed by atoms with van der Waals surface area (Å²) in [6.07, 6.45) is 7.07. The second kappa shape index (κ2) is 6.55. The lowest BCUT2D eigenvalue weighted by Crippen LogP contribution is -2.46. The molecule has 0 spiro atoms. The standard InChI is InChI=1S/C18H21ClN4O/c19-13-4-5-15-16(10-13)20-11-17(22-15)23-8-6-12(7-9-23)18(24)21-14-2-1-3-14/h4-5,10-12,14H,1-3,6-9H2,(H,21,24). The quantitative estimate of drug-likeness (QED) is 0.929. The van der Waals surface area contributed by atoms with Gasteiger partial charge in [0, 0.05) is 30.1 Å². The molecule has 5 nitrogen and oxygen atoms in total. The molecule has 1 aliphatic carbocycles. The number of carbonyl (C=O) groups is 1. The summed E-state index contributed by atoms with van der Waals surface area (Å²) in [5.41, 5.74) is 1.66. The number of nitrogens with one attached hydrogen (secondary N) is 1. The number of rotatable bonds is 3. The Morgan fingerprint density at radius 2 is 1.96 bits per heavy atom. The molecular weight excluding hydrogens is 324 g/mol. The zero-order valence-corrected chi connectivity index (χ0v) is 14.3. The van der Waals surface area contributed by atoms with Gasteiger partial charge in [0.25, 0.3) is 0 Å². The lowest BCUT2D eigenvalue weighted by Gasteiger charge is -2.34. The molecular formula is C18H21ClN4O. The molecule has 2 aliphatic rings. The molecule has 0 atom stereocenters. The number of piperidine rings is 1. The van der Waals surface area contributed by atoms with Crippen LogP contribution in [0, 0.1) is 5.92 Å². The highest BCUT2D eigenvalue weighted by molar-refractivity contribution is 6.31. The van der Waals surface area contributed by atoms with E-state index in [1.807, 2.05) is 18.2 Å². The van der Waals surface area contributed by atoms with Crippen molar-refractivity contribution >= 4 is 34.4 Å². The number of anilines is 1. The van der Waals surface area contributed by atoms with Gasteiger partial charge >= 0.3 is 0 Å². The van der Waals surface area contributed by atoms with Crippen LogP contribution in [-0.2, 0) is 4.79 Å². The first kappa shape index (κ1) is 15.6. The van der Waals surface area contributed by atoms with E-state index in [-0.39, 0.29) is 11.8 Å². The Morgan fingerprint density at radius 1 is 1.17 bits per heavy atom. The highest BCUT2D eigenvalue weighted by atomic mass is 35.5. The Kier molecular flexibility index (Phi) is 4.27. The Hall–Kier alpha value is -1.88. The normalized spacial score (nSPS) is 19.3. The number of amides is 1. The Labute approximate surface area is 146 Å². The summed E-state index contributed by atoms with van der Waals surface area (Å²) in [5, 5.41) is 3.84. The fourth-order valence-electron chi connectivity index (χ4n) is 3.37. The van der Waals surface area contributed by atoms with Gasteiger partial charge in [-0.2, -0.15) is 0 Å². The van der Waals surface area contributed by atoms with Gasteiger partial charge in [-0.25, -0.2) is 4.98 Å². The molecule has 0 radical (unpaired) electrons. The number of hydrogen-bond acceptors (Lipinski definition) is 4. The predicted molar refractivity (Wildman–Crippen MR) is 95.3 cm³/mol. The molecule has 6 heteroatoms. The smallest absolute Gasteiger partial charge is 0.223 e. The molecule has 1 saturated heterocycles. The Bertz CT molecular complexity index is 754. The number of hydrogen-bond donors (Lipinski definition) is 1. The van der Waals surface area contributed by atoms with Gasteiger partial charge in [-0.15, -0.1) is 0 Å². The number of halogens is 1. The van der Waals surface area contributed by atoms with E-state index in [4.69, 9.17) is 11.6 Å². The number of benzene rings is 1. The average molecular weight is 345 g/mol. The fourth-order valence-corrected chi connectivity index (χ4v) is 3.54. The molecule has 0 unspecified atom stereocenters. The summed E-state index contributed by atoms with van der Waals surface area (Å²) in [5.74, 6) is 1.25. The highest BCUT2D eigenvalue weighted by Gasteiger charge is 2.28. The third kappa shape index (κ3) is 3.18. The molecule has 2 fully saturated rings. The monoisotopic (exact) mass is 344 g/mol. The van der Waals surface area contributed by atoms with Gasteiger partial charge in [-0.3, -0.25) is 9.78 Å². The van der Waals surface area contributed by atoms with Crippen LogP contribution in [0.4, 0.5) is 5.82 Å². The summed E-state index contributed by atoms with van der Waals surface area (Å²) in [6, 6.07) is 5.98.